The standard InChI is InChI=1S/C15H24N2O3S/c1-4-8-16-13-6-7-14(12(2)11-13)15(18)17-9-5-10-21(3,19)20/h6-7,11,16H,4-5,8-10H2,1-3H3,(H,17,18). The molecule has 0 bridgehead atoms. The fraction of sp³-hybridized carbons (Fsp3) is 0.533. The molecule has 1 aromatic rings. The van der Waals surface area contributed by atoms with Gasteiger partial charge < -0.3 is 10.6 Å². The van der Waals surface area contributed by atoms with Crippen LogP contribution in [0.4, 0.5) is 5.69 Å². The van der Waals surface area contributed by atoms with Gasteiger partial charge in [-0.25, -0.2) is 8.42 Å². The number of carbonyl (C=O) groups is 1. The number of hydrogen-bond donors (Lipinski definition) is 2. The topological polar surface area (TPSA) is 75.3 Å². The van der Waals surface area contributed by atoms with Crippen LogP contribution in [0.2, 0.25) is 0 Å². The third kappa shape index (κ3) is 6.62. The fourth-order valence-corrected chi connectivity index (χ4v) is 2.60. The Kier molecular flexibility index (Phi) is 6.68. The number of rotatable bonds is 8. The molecule has 0 atom stereocenters. The number of sulfone groups is 1. The summed E-state index contributed by atoms with van der Waals surface area (Å²) >= 11 is 0. The van der Waals surface area contributed by atoms with Crippen LogP contribution in [0.1, 0.15) is 35.7 Å². The first-order valence-corrected chi connectivity index (χ1v) is 9.20. The van der Waals surface area contributed by atoms with E-state index in [1.54, 1.807) is 6.07 Å². The summed E-state index contributed by atoms with van der Waals surface area (Å²) in [6.07, 6.45) is 2.67. The Morgan fingerprint density at radius 1 is 1.24 bits per heavy atom. The summed E-state index contributed by atoms with van der Waals surface area (Å²) in [5.74, 6) is -0.0744. The van der Waals surface area contributed by atoms with Crippen LogP contribution in [-0.4, -0.2) is 39.4 Å². The van der Waals surface area contributed by atoms with Crippen LogP contribution in [0.25, 0.3) is 0 Å². The maximum atomic E-state index is 12.0. The first-order valence-electron chi connectivity index (χ1n) is 7.14. The number of anilines is 1. The predicted molar refractivity (Wildman–Crippen MR) is 86.6 cm³/mol. The van der Waals surface area contributed by atoms with Crippen LogP contribution >= 0.6 is 0 Å². The Labute approximate surface area is 127 Å². The van der Waals surface area contributed by atoms with Crippen LogP contribution < -0.4 is 10.6 Å². The molecule has 0 saturated heterocycles. The largest absolute Gasteiger partial charge is 0.385 e. The molecular weight excluding hydrogens is 288 g/mol. The molecule has 0 aliphatic heterocycles. The molecule has 0 aromatic heterocycles. The van der Waals surface area contributed by atoms with E-state index in [9.17, 15) is 13.2 Å². The van der Waals surface area contributed by atoms with E-state index in [2.05, 4.69) is 17.6 Å². The lowest BCUT2D eigenvalue weighted by molar-refractivity contribution is 0.0953. The van der Waals surface area contributed by atoms with E-state index in [-0.39, 0.29) is 11.7 Å². The number of aryl methyl sites for hydroxylation is 1. The lowest BCUT2D eigenvalue weighted by Crippen LogP contribution is -2.26. The quantitative estimate of drug-likeness (QED) is 0.720. The van der Waals surface area contributed by atoms with Gasteiger partial charge in [-0.3, -0.25) is 4.79 Å². The highest BCUT2D eigenvalue weighted by Crippen LogP contribution is 2.15. The summed E-state index contributed by atoms with van der Waals surface area (Å²) in [7, 11) is -2.97. The molecule has 5 nitrogen and oxygen atoms in total. The molecule has 0 heterocycles. The third-order valence-corrected chi connectivity index (χ3v) is 4.06. The van der Waals surface area contributed by atoms with Crippen molar-refractivity contribution in [3.8, 4) is 0 Å². The molecule has 118 valence electrons. The van der Waals surface area contributed by atoms with E-state index in [0.717, 1.165) is 24.2 Å². The van der Waals surface area contributed by atoms with Gasteiger partial charge in [-0.05, 0) is 43.5 Å². The predicted octanol–water partition coefficient (Wildman–Crippen LogP) is 1.98. The smallest absolute Gasteiger partial charge is 0.251 e. The van der Waals surface area contributed by atoms with E-state index in [4.69, 9.17) is 0 Å². The highest BCUT2D eigenvalue weighted by Gasteiger charge is 2.09. The van der Waals surface area contributed by atoms with Gasteiger partial charge in [0.2, 0.25) is 0 Å². The van der Waals surface area contributed by atoms with E-state index in [0.29, 0.717) is 18.5 Å². The molecule has 1 aromatic carbocycles. The summed E-state index contributed by atoms with van der Waals surface area (Å²) in [5.41, 5.74) is 2.52. The molecule has 0 radical (unpaired) electrons. The summed E-state index contributed by atoms with van der Waals surface area (Å²) in [5, 5.41) is 6.02. The van der Waals surface area contributed by atoms with Crippen LogP contribution in [0.15, 0.2) is 18.2 Å². The molecule has 1 amide bonds. The first-order chi connectivity index (χ1) is 9.83. The summed E-state index contributed by atoms with van der Waals surface area (Å²) in [6, 6.07) is 5.62. The van der Waals surface area contributed by atoms with Crippen LogP contribution in [0.5, 0.6) is 0 Å². The van der Waals surface area contributed by atoms with Crippen LogP contribution in [0, 0.1) is 6.92 Å². The lowest BCUT2D eigenvalue weighted by Gasteiger charge is -2.10. The number of benzene rings is 1. The number of hydrogen-bond acceptors (Lipinski definition) is 4. The zero-order valence-corrected chi connectivity index (χ0v) is 13.7. The Bertz CT molecular complexity index is 583. The van der Waals surface area contributed by atoms with E-state index in [1.807, 2.05) is 19.1 Å². The van der Waals surface area contributed by atoms with Gasteiger partial charge in [0.05, 0.1) is 5.75 Å². The SMILES string of the molecule is CCCNc1ccc(C(=O)NCCCS(C)(=O)=O)c(C)c1. The number of amides is 1. The molecule has 6 heteroatoms. The molecule has 0 saturated carbocycles. The van der Waals surface area contributed by atoms with Crippen molar-refractivity contribution >= 4 is 21.4 Å². The van der Waals surface area contributed by atoms with Crippen LogP contribution in [0.3, 0.4) is 0 Å². The van der Waals surface area contributed by atoms with Crippen molar-refractivity contribution < 1.29 is 13.2 Å². The van der Waals surface area contributed by atoms with Crippen molar-refractivity contribution in [3.05, 3.63) is 29.3 Å². The molecule has 21 heavy (non-hydrogen) atoms. The van der Waals surface area contributed by atoms with E-state index in [1.165, 1.54) is 6.26 Å². The Hall–Kier alpha value is -1.56. The molecule has 0 spiro atoms. The minimum Gasteiger partial charge on any atom is -0.385 e. The molecule has 2 N–H and O–H groups in total. The van der Waals surface area contributed by atoms with Crippen molar-refractivity contribution in [2.45, 2.75) is 26.7 Å². The maximum absolute atomic E-state index is 12.0. The Balaban J connectivity index is 2.54. The second-order valence-electron chi connectivity index (χ2n) is 5.20. The Morgan fingerprint density at radius 2 is 1.95 bits per heavy atom. The zero-order valence-electron chi connectivity index (χ0n) is 12.9. The molecule has 0 aliphatic rings. The van der Waals surface area contributed by atoms with Crippen molar-refractivity contribution in [3.63, 3.8) is 0 Å². The van der Waals surface area contributed by atoms with Gasteiger partial charge in [-0.1, -0.05) is 6.92 Å². The minimum atomic E-state index is -2.97. The average Bonchev–Trinajstić information content (AvgIpc) is 2.40. The lowest BCUT2D eigenvalue weighted by atomic mass is 10.1. The van der Waals surface area contributed by atoms with E-state index < -0.39 is 9.84 Å². The van der Waals surface area contributed by atoms with Crippen LogP contribution in [-0.2, 0) is 9.84 Å². The zero-order chi connectivity index (χ0) is 15.9. The van der Waals surface area contributed by atoms with Gasteiger partial charge in [0, 0.05) is 30.6 Å². The number of nitrogens with one attached hydrogen (secondary N) is 2. The molecule has 0 fully saturated rings. The summed E-state index contributed by atoms with van der Waals surface area (Å²) < 4.78 is 22.0. The van der Waals surface area contributed by atoms with Gasteiger partial charge in [0.25, 0.3) is 5.91 Å². The maximum Gasteiger partial charge on any atom is 0.251 e. The first kappa shape index (κ1) is 17.5. The molecular formula is C15H24N2O3S. The van der Waals surface area contributed by atoms with Gasteiger partial charge >= 0.3 is 0 Å². The highest BCUT2D eigenvalue weighted by molar-refractivity contribution is 7.90. The van der Waals surface area contributed by atoms with Gasteiger partial charge in [-0.2, -0.15) is 0 Å². The summed E-state index contributed by atoms with van der Waals surface area (Å²) in [6.45, 7) is 5.25. The Morgan fingerprint density at radius 3 is 2.52 bits per heavy atom. The van der Waals surface area contributed by atoms with Crippen molar-refractivity contribution in [1.29, 1.82) is 0 Å². The van der Waals surface area contributed by atoms with Gasteiger partial charge in [0.15, 0.2) is 0 Å². The van der Waals surface area contributed by atoms with Crippen molar-refractivity contribution in [2.75, 3.05) is 30.4 Å². The second kappa shape index (κ2) is 8.02. The molecule has 1 rings (SSSR count). The second-order valence-corrected chi connectivity index (χ2v) is 7.46. The molecule has 0 unspecified atom stereocenters. The number of carbonyl (C=O) groups excluding carboxylic acids is 1. The normalized spacial score (nSPS) is 11.2. The average molecular weight is 312 g/mol. The van der Waals surface area contributed by atoms with E-state index >= 15 is 0 Å². The summed E-state index contributed by atoms with van der Waals surface area (Å²) in [4.78, 5) is 12.0. The van der Waals surface area contributed by atoms with Crippen molar-refractivity contribution in [2.24, 2.45) is 0 Å². The highest BCUT2D eigenvalue weighted by atomic mass is 32.2. The monoisotopic (exact) mass is 312 g/mol. The third-order valence-electron chi connectivity index (χ3n) is 3.03. The van der Waals surface area contributed by atoms with Gasteiger partial charge in [0.1, 0.15) is 9.84 Å². The van der Waals surface area contributed by atoms with Crippen molar-refractivity contribution in [1.82, 2.24) is 5.32 Å². The fourth-order valence-electron chi connectivity index (χ4n) is 1.93. The minimum absolute atomic E-state index is 0.0894. The van der Waals surface area contributed by atoms with Gasteiger partial charge in [-0.15, -0.1) is 0 Å². The molecule has 0 aliphatic carbocycles.